The van der Waals surface area contributed by atoms with E-state index in [1.807, 2.05) is 12.1 Å². The third-order valence-corrected chi connectivity index (χ3v) is 3.19. The molecule has 2 aromatic carbocycles. The number of halogens is 1. The number of carbonyl (C=O) groups excluding carboxylic acids is 1. The molecule has 0 fully saturated rings. The van der Waals surface area contributed by atoms with Crippen LogP contribution in [-0.2, 0) is 6.54 Å². The fourth-order valence-corrected chi connectivity index (χ4v) is 2.07. The Balaban J connectivity index is 2.07. The van der Waals surface area contributed by atoms with Crippen molar-refractivity contribution in [1.82, 2.24) is 5.32 Å². The normalized spacial score (nSPS) is 10.0. The number of hydrogen-bond acceptors (Lipinski definition) is 3. The fourth-order valence-electron chi connectivity index (χ4n) is 1.88. The highest BCUT2D eigenvalue weighted by Gasteiger charge is 2.07. The van der Waals surface area contributed by atoms with Crippen LogP contribution < -0.4 is 14.8 Å². The number of benzene rings is 2. The first-order valence-corrected chi connectivity index (χ1v) is 6.76. The van der Waals surface area contributed by atoms with Gasteiger partial charge in [-0.1, -0.05) is 17.7 Å². The third kappa shape index (κ3) is 4.13. The molecule has 0 unspecified atom stereocenters. The van der Waals surface area contributed by atoms with Crippen LogP contribution in [0.4, 0.5) is 0 Å². The summed E-state index contributed by atoms with van der Waals surface area (Å²) in [7, 11) is 3.17. The maximum Gasteiger partial charge on any atom is 0.251 e. The van der Waals surface area contributed by atoms with Gasteiger partial charge in [0.15, 0.2) is 0 Å². The molecule has 1 N–H and O–H groups in total. The Kier molecular flexibility index (Phi) is 5.06. The van der Waals surface area contributed by atoms with Crippen molar-refractivity contribution in [3.63, 3.8) is 0 Å². The van der Waals surface area contributed by atoms with E-state index in [0.717, 1.165) is 5.56 Å². The predicted molar refractivity (Wildman–Crippen MR) is 82.2 cm³/mol. The van der Waals surface area contributed by atoms with E-state index in [0.29, 0.717) is 28.6 Å². The molecule has 0 bridgehead atoms. The van der Waals surface area contributed by atoms with Gasteiger partial charge < -0.3 is 14.8 Å². The second kappa shape index (κ2) is 6.99. The van der Waals surface area contributed by atoms with Crippen LogP contribution in [-0.4, -0.2) is 20.1 Å². The highest BCUT2D eigenvalue weighted by atomic mass is 35.5. The Morgan fingerprint density at radius 3 is 2.33 bits per heavy atom. The van der Waals surface area contributed by atoms with Gasteiger partial charge in [-0.3, -0.25) is 4.79 Å². The molecule has 0 atom stereocenters. The maximum atomic E-state index is 12.0. The van der Waals surface area contributed by atoms with E-state index in [-0.39, 0.29) is 5.91 Å². The minimum Gasteiger partial charge on any atom is -0.497 e. The first kappa shape index (κ1) is 15.2. The molecule has 21 heavy (non-hydrogen) atoms. The van der Waals surface area contributed by atoms with Crippen molar-refractivity contribution in [3.05, 3.63) is 58.6 Å². The maximum absolute atomic E-state index is 12.0. The summed E-state index contributed by atoms with van der Waals surface area (Å²) in [5.74, 6) is 1.18. The van der Waals surface area contributed by atoms with Crippen LogP contribution in [0.25, 0.3) is 0 Å². The Bertz CT molecular complexity index is 621. The van der Waals surface area contributed by atoms with E-state index in [4.69, 9.17) is 21.1 Å². The van der Waals surface area contributed by atoms with Crippen LogP contribution in [0.15, 0.2) is 42.5 Å². The number of rotatable bonds is 5. The van der Waals surface area contributed by atoms with Crippen LogP contribution >= 0.6 is 11.6 Å². The lowest BCUT2D eigenvalue weighted by molar-refractivity contribution is 0.0951. The van der Waals surface area contributed by atoms with E-state index in [9.17, 15) is 4.79 Å². The van der Waals surface area contributed by atoms with Crippen LogP contribution in [0.2, 0.25) is 5.02 Å². The van der Waals surface area contributed by atoms with Gasteiger partial charge in [0.1, 0.15) is 11.5 Å². The number of hydrogen-bond donors (Lipinski definition) is 1. The van der Waals surface area contributed by atoms with Gasteiger partial charge in [0.2, 0.25) is 0 Å². The van der Waals surface area contributed by atoms with Gasteiger partial charge in [-0.25, -0.2) is 0 Å². The van der Waals surface area contributed by atoms with Gasteiger partial charge in [-0.05, 0) is 35.9 Å². The summed E-state index contributed by atoms with van der Waals surface area (Å²) in [6.07, 6.45) is 0. The van der Waals surface area contributed by atoms with Gasteiger partial charge in [0, 0.05) is 23.2 Å². The average molecular weight is 306 g/mol. The molecular weight excluding hydrogens is 290 g/mol. The van der Waals surface area contributed by atoms with Crippen molar-refractivity contribution in [2.24, 2.45) is 0 Å². The third-order valence-electron chi connectivity index (χ3n) is 2.95. The summed E-state index contributed by atoms with van der Waals surface area (Å²) >= 11 is 5.87. The molecule has 1 amide bonds. The van der Waals surface area contributed by atoms with Gasteiger partial charge in [-0.15, -0.1) is 0 Å². The largest absolute Gasteiger partial charge is 0.497 e. The first-order chi connectivity index (χ1) is 10.1. The molecule has 0 radical (unpaired) electrons. The molecule has 4 nitrogen and oxygen atoms in total. The monoisotopic (exact) mass is 305 g/mol. The molecule has 5 heteroatoms. The zero-order valence-corrected chi connectivity index (χ0v) is 12.6. The molecule has 2 aromatic rings. The number of methoxy groups -OCH3 is 2. The molecule has 110 valence electrons. The van der Waals surface area contributed by atoms with E-state index >= 15 is 0 Å². The lowest BCUT2D eigenvalue weighted by Crippen LogP contribution is -2.22. The molecule has 0 saturated carbocycles. The van der Waals surface area contributed by atoms with Crippen LogP contribution in [0.1, 0.15) is 15.9 Å². The first-order valence-electron chi connectivity index (χ1n) is 6.38. The van der Waals surface area contributed by atoms with Crippen LogP contribution in [0, 0.1) is 0 Å². The summed E-state index contributed by atoms with van der Waals surface area (Å²) in [4.78, 5) is 12.0. The highest BCUT2D eigenvalue weighted by molar-refractivity contribution is 6.30. The average Bonchev–Trinajstić information content (AvgIpc) is 2.52. The smallest absolute Gasteiger partial charge is 0.251 e. The zero-order chi connectivity index (χ0) is 15.2. The molecule has 0 aliphatic carbocycles. The quantitative estimate of drug-likeness (QED) is 0.922. The van der Waals surface area contributed by atoms with Crippen molar-refractivity contribution < 1.29 is 14.3 Å². The zero-order valence-electron chi connectivity index (χ0n) is 11.9. The molecule has 0 heterocycles. The van der Waals surface area contributed by atoms with E-state index in [1.165, 1.54) is 0 Å². The molecule has 0 spiro atoms. The second-order valence-corrected chi connectivity index (χ2v) is 4.85. The van der Waals surface area contributed by atoms with Gasteiger partial charge in [0.25, 0.3) is 5.91 Å². The number of ether oxygens (including phenoxy) is 2. The van der Waals surface area contributed by atoms with E-state index in [2.05, 4.69) is 5.32 Å². The summed E-state index contributed by atoms with van der Waals surface area (Å²) in [5, 5.41) is 3.37. The second-order valence-electron chi connectivity index (χ2n) is 4.41. The molecular formula is C16H16ClNO3. The van der Waals surface area contributed by atoms with Gasteiger partial charge >= 0.3 is 0 Å². The minimum atomic E-state index is -0.181. The number of carbonyl (C=O) groups is 1. The van der Waals surface area contributed by atoms with Crippen molar-refractivity contribution in [2.75, 3.05) is 14.2 Å². The fraction of sp³-hybridized carbons (Fsp3) is 0.188. The Morgan fingerprint density at radius 1 is 1.10 bits per heavy atom. The van der Waals surface area contributed by atoms with Crippen molar-refractivity contribution >= 4 is 17.5 Å². The molecule has 0 aliphatic rings. The van der Waals surface area contributed by atoms with E-state index < -0.39 is 0 Å². The summed E-state index contributed by atoms with van der Waals surface area (Å²) in [5.41, 5.74) is 1.42. The molecule has 0 aromatic heterocycles. The Hall–Kier alpha value is -2.20. The standard InChI is InChI=1S/C16H16ClNO3/c1-20-14-6-11(7-15(9-14)21-2)10-18-16(19)12-4-3-5-13(17)8-12/h3-9H,10H2,1-2H3,(H,18,19). The number of amides is 1. The summed E-state index contributed by atoms with van der Waals surface area (Å²) in [6, 6.07) is 12.3. The molecule has 0 aliphatic heterocycles. The van der Waals surface area contributed by atoms with Crippen molar-refractivity contribution in [3.8, 4) is 11.5 Å². The molecule has 2 rings (SSSR count). The SMILES string of the molecule is COc1cc(CNC(=O)c2cccc(Cl)c2)cc(OC)c1. The lowest BCUT2D eigenvalue weighted by atomic mass is 10.1. The van der Waals surface area contributed by atoms with Crippen LogP contribution in [0.5, 0.6) is 11.5 Å². The van der Waals surface area contributed by atoms with Gasteiger partial charge in [0.05, 0.1) is 14.2 Å². The molecule has 0 saturated heterocycles. The van der Waals surface area contributed by atoms with Gasteiger partial charge in [-0.2, -0.15) is 0 Å². The minimum absolute atomic E-state index is 0.181. The lowest BCUT2D eigenvalue weighted by Gasteiger charge is -2.10. The highest BCUT2D eigenvalue weighted by Crippen LogP contribution is 2.22. The predicted octanol–water partition coefficient (Wildman–Crippen LogP) is 3.29. The topological polar surface area (TPSA) is 47.6 Å². The Morgan fingerprint density at radius 2 is 1.76 bits per heavy atom. The summed E-state index contributed by atoms with van der Waals surface area (Å²) < 4.78 is 10.4. The van der Waals surface area contributed by atoms with Crippen LogP contribution in [0.3, 0.4) is 0 Å². The number of nitrogens with one attached hydrogen (secondary N) is 1. The van der Waals surface area contributed by atoms with Crippen molar-refractivity contribution in [1.29, 1.82) is 0 Å². The van der Waals surface area contributed by atoms with Crippen molar-refractivity contribution in [2.45, 2.75) is 6.54 Å². The van der Waals surface area contributed by atoms with E-state index in [1.54, 1.807) is 44.6 Å². The Labute approximate surface area is 128 Å². The summed E-state index contributed by atoms with van der Waals surface area (Å²) in [6.45, 7) is 0.374.